The van der Waals surface area contributed by atoms with Crippen molar-refractivity contribution in [1.29, 1.82) is 0 Å². The van der Waals surface area contributed by atoms with Gasteiger partial charge in [-0.3, -0.25) is 0 Å². The molecule has 5 aromatic rings. The summed E-state index contributed by atoms with van der Waals surface area (Å²) in [5, 5.41) is 11.8. The number of amidine groups is 1. The highest BCUT2D eigenvalue weighted by molar-refractivity contribution is 9.08. The molecule has 0 atom stereocenters. The Balaban J connectivity index is 0.000000179. The van der Waals surface area contributed by atoms with Crippen molar-refractivity contribution in [3.05, 3.63) is 151 Å². The first-order valence-electron chi connectivity index (χ1n) is 12.6. The molecule has 0 saturated carbocycles. The van der Waals surface area contributed by atoms with Crippen LogP contribution in [0.2, 0.25) is 0 Å². The number of para-hydroxylation sites is 3. The molecule has 188 valence electrons. The van der Waals surface area contributed by atoms with Gasteiger partial charge in [0.05, 0.1) is 17.1 Å². The van der Waals surface area contributed by atoms with Gasteiger partial charge in [0.15, 0.2) is 0 Å². The standard InChI is InChI=1S/C20H18N4.C13H11Br/c1-17-21-23(19-13-7-3-8-14-19)24(20-15-9-4-10-16-20)22(17)18-11-5-2-6-12-18;14-10-12-8-4-5-9-13(12)11-6-2-1-3-7-11/h2-16H,1H3;1-9H,10H2. The fourth-order valence-electron chi connectivity index (χ4n) is 4.36. The normalized spacial score (nSPS) is 12.6. The van der Waals surface area contributed by atoms with Gasteiger partial charge >= 0.3 is 0 Å². The van der Waals surface area contributed by atoms with E-state index in [1.807, 2.05) is 72.7 Å². The Morgan fingerprint density at radius 1 is 0.553 bits per heavy atom. The van der Waals surface area contributed by atoms with Gasteiger partial charge in [0.25, 0.3) is 0 Å². The number of hydrazone groups is 1. The number of hydrazine groups is 2. The van der Waals surface area contributed by atoms with Gasteiger partial charge in [0.1, 0.15) is 5.84 Å². The molecule has 38 heavy (non-hydrogen) atoms. The molecule has 0 unspecified atom stereocenters. The lowest BCUT2D eigenvalue weighted by molar-refractivity contribution is 0.818. The Morgan fingerprint density at radius 3 is 1.61 bits per heavy atom. The summed E-state index contributed by atoms with van der Waals surface area (Å²) in [6.07, 6.45) is 0. The van der Waals surface area contributed by atoms with Gasteiger partial charge in [-0.1, -0.05) is 125 Å². The maximum atomic E-state index is 4.78. The van der Waals surface area contributed by atoms with Crippen LogP contribution in [-0.4, -0.2) is 5.84 Å². The van der Waals surface area contributed by atoms with E-state index in [2.05, 4.69) is 111 Å². The topological polar surface area (TPSA) is 22.1 Å². The molecule has 0 fully saturated rings. The molecule has 0 aromatic heterocycles. The van der Waals surface area contributed by atoms with Crippen LogP contribution < -0.4 is 15.2 Å². The molecule has 4 nitrogen and oxygen atoms in total. The van der Waals surface area contributed by atoms with E-state index < -0.39 is 0 Å². The largest absolute Gasteiger partial charge is 0.217 e. The summed E-state index contributed by atoms with van der Waals surface area (Å²) in [6, 6.07) is 49.6. The third-order valence-corrected chi connectivity index (χ3v) is 6.74. The van der Waals surface area contributed by atoms with Crippen molar-refractivity contribution < 1.29 is 0 Å². The Kier molecular flexibility index (Phi) is 8.16. The number of alkyl halides is 1. The van der Waals surface area contributed by atoms with Crippen LogP contribution in [0.15, 0.2) is 151 Å². The lowest BCUT2D eigenvalue weighted by Gasteiger charge is -2.35. The van der Waals surface area contributed by atoms with Gasteiger partial charge < -0.3 is 0 Å². The van der Waals surface area contributed by atoms with Crippen LogP contribution in [0.4, 0.5) is 17.1 Å². The van der Waals surface area contributed by atoms with E-state index in [4.69, 9.17) is 5.10 Å². The molecule has 0 aliphatic carbocycles. The van der Waals surface area contributed by atoms with Crippen LogP contribution in [0.25, 0.3) is 11.1 Å². The fourth-order valence-corrected chi connectivity index (χ4v) is 4.85. The van der Waals surface area contributed by atoms with E-state index in [1.54, 1.807) is 0 Å². The number of anilines is 3. The molecule has 0 amide bonds. The van der Waals surface area contributed by atoms with E-state index >= 15 is 0 Å². The summed E-state index contributed by atoms with van der Waals surface area (Å²) in [6.45, 7) is 2.02. The molecule has 6 rings (SSSR count). The van der Waals surface area contributed by atoms with Crippen molar-refractivity contribution in [3.8, 4) is 11.1 Å². The maximum absolute atomic E-state index is 4.78. The predicted octanol–water partition coefficient (Wildman–Crippen LogP) is 8.93. The molecule has 0 N–H and O–H groups in total. The monoisotopic (exact) mass is 560 g/mol. The number of hydrogen-bond acceptors (Lipinski definition) is 4. The van der Waals surface area contributed by atoms with Crippen molar-refractivity contribution >= 4 is 38.8 Å². The Hall–Kier alpha value is -4.35. The molecule has 1 aliphatic heterocycles. The minimum Gasteiger partial charge on any atom is -0.217 e. The van der Waals surface area contributed by atoms with E-state index in [9.17, 15) is 0 Å². The van der Waals surface area contributed by atoms with Crippen molar-refractivity contribution in [3.63, 3.8) is 0 Å². The summed E-state index contributed by atoms with van der Waals surface area (Å²) >= 11 is 3.51. The van der Waals surface area contributed by atoms with Crippen LogP contribution in [0.1, 0.15) is 12.5 Å². The molecule has 0 bridgehead atoms. The van der Waals surface area contributed by atoms with Gasteiger partial charge in [0.2, 0.25) is 0 Å². The molecule has 1 heterocycles. The quantitative estimate of drug-likeness (QED) is 0.200. The van der Waals surface area contributed by atoms with Crippen molar-refractivity contribution in [2.45, 2.75) is 12.3 Å². The first-order chi connectivity index (χ1) is 18.8. The Morgan fingerprint density at radius 2 is 1.03 bits per heavy atom. The lowest BCUT2D eigenvalue weighted by Crippen LogP contribution is -2.48. The third-order valence-electron chi connectivity index (χ3n) is 6.14. The summed E-state index contributed by atoms with van der Waals surface area (Å²) in [5.41, 5.74) is 7.05. The second-order valence-electron chi connectivity index (χ2n) is 8.70. The molecule has 0 spiro atoms. The minimum absolute atomic E-state index is 0.901. The van der Waals surface area contributed by atoms with Crippen molar-refractivity contribution in [2.75, 3.05) is 15.2 Å². The van der Waals surface area contributed by atoms with Crippen molar-refractivity contribution in [2.24, 2.45) is 5.10 Å². The van der Waals surface area contributed by atoms with Crippen LogP contribution in [0, 0.1) is 0 Å². The number of benzene rings is 5. The SMILES string of the molecule is BrCc1ccccc1-c1ccccc1.CC1=NN(c2ccccc2)N(c2ccccc2)N1c1ccccc1. The number of halogens is 1. The van der Waals surface area contributed by atoms with Gasteiger partial charge in [-0.05, 0) is 60.0 Å². The zero-order chi connectivity index (χ0) is 26.2. The van der Waals surface area contributed by atoms with Crippen LogP contribution >= 0.6 is 15.9 Å². The average Bonchev–Trinajstić information content (AvgIpc) is 3.36. The second-order valence-corrected chi connectivity index (χ2v) is 9.26. The first kappa shape index (κ1) is 25.3. The van der Waals surface area contributed by atoms with Crippen LogP contribution in [-0.2, 0) is 5.33 Å². The first-order valence-corrected chi connectivity index (χ1v) is 13.7. The molecule has 5 heteroatoms. The Labute approximate surface area is 233 Å². The summed E-state index contributed by atoms with van der Waals surface area (Å²) in [5.74, 6) is 0.911. The molecule has 0 saturated heterocycles. The second kappa shape index (κ2) is 12.3. The molecule has 5 aromatic carbocycles. The molecular weight excluding hydrogens is 532 g/mol. The van der Waals surface area contributed by atoms with Gasteiger partial charge in [-0.15, -0.1) is 5.10 Å². The molecular formula is C33H29BrN4. The molecule has 1 aliphatic rings. The van der Waals surface area contributed by atoms with E-state index in [1.165, 1.54) is 16.7 Å². The lowest BCUT2D eigenvalue weighted by atomic mass is 10.0. The minimum atomic E-state index is 0.901. The molecule has 0 radical (unpaired) electrons. The highest BCUT2D eigenvalue weighted by atomic mass is 79.9. The van der Waals surface area contributed by atoms with Crippen LogP contribution in [0.3, 0.4) is 0 Å². The summed E-state index contributed by atoms with van der Waals surface area (Å²) in [7, 11) is 0. The van der Waals surface area contributed by atoms with E-state index in [0.717, 1.165) is 28.2 Å². The Bertz CT molecular complexity index is 1460. The van der Waals surface area contributed by atoms with Crippen LogP contribution in [0.5, 0.6) is 0 Å². The smallest absolute Gasteiger partial charge is 0.150 e. The zero-order valence-corrected chi connectivity index (χ0v) is 22.8. The highest BCUT2D eigenvalue weighted by Crippen LogP contribution is 2.32. The van der Waals surface area contributed by atoms with E-state index in [-0.39, 0.29) is 0 Å². The zero-order valence-electron chi connectivity index (χ0n) is 21.2. The predicted molar refractivity (Wildman–Crippen MR) is 164 cm³/mol. The van der Waals surface area contributed by atoms with Gasteiger partial charge in [0, 0.05) is 5.33 Å². The van der Waals surface area contributed by atoms with Gasteiger partial charge in [-0.2, -0.15) is 10.2 Å². The number of rotatable bonds is 5. The van der Waals surface area contributed by atoms with Gasteiger partial charge in [-0.25, -0.2) is 5.01 Å². The number of hydrogen-bond donors (Lipinski definition) is 0. The third kappa shape index (κ3) is 5.63. The summed E-state index contributed by atoms with van der Waals surface area (Å²) in [4.78, 5) is 0. The maximum Gasteiger partial charge on any atom is 0.150 e. The number of nitrogens with zero attached hydrogens (tertiary/aromatic N) is 4. The van der Waals surface area contributed by atoms with E-state index in [0.29, 0.717) is 0 Å². The fraction of sp³-hybridized carbons (Fsp3) is 0.0606. The summed E-state index contributed by atoms with van der Waals surface area (Å²) < 4.78 is 0. The van der Waals surface area contributed by atoms with Crippen molar-refractivity contribution in [1.82, 2.24) is 0 Å². The average molecular weight is 562 g/mol. The highest BCUT2D eigenvalue weighted by Gasteiger charge is 2.32.